The molecular weight excluding hydrogens is 376 g/mol. The summed E-state index contributed by atoms with van der Waals surface area (Å²) in [6, 6.07) is 0. The molecule has 0 aliphatic carbocycles. The molecule has 10 heteroatoms. The van der Waals surface area contributed by atoms with Gasteiger partial charge in [0.15, 0.2) is 12.1 Å². The standard InChI is InChI=1S/C18H28O10/c19-7-17-9-3-1-2-4-24-16-13(22)15-10(18(8-20,27-15)28-16)5-23-6-11(25-17)12(21)14(9)26-17/h9-16,19-22H,1-8H2. The highest BCUT2D eigenvalue weighted by molar-refractivity contribution is 5.06. The maximum absolute atomic E-state index is 10.6. The Labute approximate surface area is 162 Å². The predicted octanol–water partition coefficient (Wildman–Crippen LogP) is -1.91. The van der Waals surface area contributed by atoms with Crippen LogP contribution in [0.3, 0.4) is 0 Å². The lowest BCUT2D eigenvalue weighted by Crippen LogP contribution is -2.77. The Kier molecular flexibility index (Phi) is 4.95. The van der Waals surface area contributed by atoms with Crippen LogP contribution in [0.2, 0.25) is 0 Å². The lowest BCUT2D eigenvalue weighted by molar-refractivity contribution is -0.498. The first-order chi connectivity index (χ1) is 13.5. The molecule has 9 aliphatic rings. The van der Waals surface area contributed by atoms with Gasteiger partial charge in [-0.2, -0.15) is 0 Å². The second-order valence-corrected chi connectivity index (χ2v) is 8.35. The van der Waals surface area contributed by atoms with Gasteiger partial charge in [0.1, 0.15) is 24.4 Å². The normalized spacial score (nSPS) is 56.1. The van der Waals surface area contributed by atoms with Crippen molar-refractivity contribution < 1.29 is 48.8 Å². The fourth-order valence-electron chi connectivity index (χ4n) is 5.19. The molecular formula is C18H28O10. The summed E-state index contributed by atoms with van der Waals surface area (Å²) in [5.41, 5.74) is 0. The molecule has 9 fully saturated rings. The van der Waals surface area contributed by atoms with Crippen molar-refractivity contribution in [3.63, 3.8) is 0 Å². The molecule has 28 heavy (non-hydrogen) atoms. The van der Waals surface area contributed by atoms with Crippen LogP contribution in [0.5, 0.6) is 0 Å². The third-order valence-corrected chi connectivity index (χ3v) is 6.81. The molecule has 0 spiro atoms. The van der Waals surface area contributed by atoms with Gasteiger partial charge in [0, 0.05) is 12.5 Å². The van der Waals surface area contributed by atoms with Crippen molar-refractivity contribution in [2.75, 3.05) is 33.0 Å². The smallest absolute Gasteiger partial charge is 0.202 e. The Hall–Kier alpha value is -0.400. The van der Waals surface area contributed by atoms with Crippen molar-refractivity contribution in [2.45, 2.75) is 67.6 Å². The van der Waals surface area contributed by atoms with E-state index in [4.69, 9.17) is 28.4 Å². The highest BCUT2D eigenvalue weighted by Gasteiger charge is 2.67. The zero-order valence-electron chi connectivity index (χ0n) is 15.5. The van der Waals surface area contributed by atoms with Gasteiger partial charge >= 0.3 is 0 Å². The summed E-state index contributed by atoms with van der Waals surface area (Å²) in [5.74, 6) is -2.79. The van der Waals surface area contributed by atoms with Crippen LogP contribution in [-0.2, 0) is 28.4 Å². The van der Waals surface area contributed by atoms with Crippen molar-refractivity contribution in [3.05, 3.63) is 0 Å². The van der Waals surface area contributed by atoms with E-state index in [2.05, 4.69) is 0 Å². The van der Waals surface area contributed by atoms with Crippen LogP contribution in [-0.4, -0.2) is 102 Å². The molecule has 10 unspecified atom stereocenters. The van der Waals surface area contributed by atoms with E-state index in [0.717, 1.165) is 6.42 Å². The van der Waals surface area contributed by atoms with Crippen LogP contribution >= 0.6 is 0 Å². The van der Waals surface area contributed by atoms with Gasteiger partial charge in [-0.1, -0.05) is 6.42 Å². The predicted molar refractivity (Wildman–Crippen MR) is 88.7 cm³/mol. The van der Waals surface area contributed by atoms with Gasteiger partial charge < -0.3 is 48.8 Å². The minimum absolute atomic E-state index is 0.0892. The highest BCUT2D eigenvalue weighted by atomic mass is 16.8. The molecule has 0 saturated carbocycles. The van der Waals surface area contributed by atoms with Crippen molar-refractivity contribution in [3.8, 4) is 0 Å². The fraction of sp³-hybridized carbons (Fsp3) is 1.00. The first-order valence-corrected chi connectivity index (χ1v) is 10.0. The SMILES string of the molecule is OCC12OC3COCC4C5OC4(CO)OC(OCCCCC1C(O2)C3O)C5O. The molecule has 10 atom stereocenters. The lowest BCUT2D eigenvalue weighted by atomic mass is 9.75. The van der Waals surface area contributed by atoms with E-state index < -0.39 is 42.3 Å². The number of ether oxygens (including phenoxy) is 6. The fourth-order valence-corrected chi connectivity index (χ4v) is 5.19. The van der Waals surface area contributed by atoms with Crippen LogP contribution in [0.1, 0.15) is 19.3 Å². The molecule has 0 amide bonds. The molecule has 8 bridgehead atoms. The van der Waals surface area contributed by atoms with Crippen LogP contribution in [0.4, 0.5) is 0 Å². The first-order valence-electron chi connectivity index (χ1n) is 10.0. The van der Waals surface area contributed by atoms with Crippen molar-refractivity contribution >= 4 is 0 Å². The summed E-state index contributed by atoms with van der Waals surface area (Å²) < 4.78 is 34.4. The number of hydrogen-bond acceptors (Lipinski definition) is 10. The minimum Gasteiger partial charge on any atom is -0.391 e. The van der Waals surface area contributed by atoms with Crippen LogP contribution in [0.15, 0.2) is 0 Å². The minimum atomic E-state index is -1.25. The first kappa shape index (κ1) is 19.6. The van der Waals surface area contributed by atoms with Gasteiger partial charge in [0.25, 0.3) is 0 Å². The van der Waals surface area contributed by atoms with E-state index in [9.17, 15) is 20.4 Å². The van der Waals surface area contributed by atoms with Gasteiger partial charge in [0.2, 0.25) is 5.79 Å². The summed E-state index contributed by atoms with van der Waals surface area (Å²) in [7, 11) is 0. The summed E-state index contributed by atoms with van der Waals surface area (Å²) in [4.78, 5) is 0. The number of aliphatic hydroxyl groups is 4. The Morgan fingerprint density at radius 1 is 0.786 bits per heavy atom. The number of aliphatic hydroxyl groups excluding tert-OH is 4. The molecule has 0 aromatic heterocycles. The average molecular weight is 404 g/mol. The van der Waals surface area contributed by atoms with E-state index in [0.29, 0.717) is 19.4 Å². The van der Waals surface area contributed by atoms with Crippen molar-refractivity contribution in [1.82, 2.24) is 0 Å². The van der Waals surface area contributed by atoms with Crippen LogP contribution in [0, 0.1) is 11.8 Å². The van der Waals surface area contributed by atoms with E-state index in [1.54, 1.807) is 0 Å². The topological polar surface area (TPSA) is 136 Å². The van der Waals surface area contributed by atoms with Gasteiger partial charge in [-0.3, -0.25) is 0 Å². The molecule has 9 heterocycles. The molecule has 9 saturated heterocycles. The zero-order valence-corrected chi connectivity index (χ0v) is 15.5. The molecule has 9 aliphatic heterocycles. The number of hydrogen-bond donors (Lipinski definition) is 4. The quantitative estimate of drug-likeness (QED) is 0.413. The van der Waals surface area contributed by atoms with Gasteiger partial charge in [-0.15, -0.1) is 0 Å². The van der Waals surface area contributed by atoms with E-state index in [1.165, 1.54) is 0 Å². The maximum atomic E-state index is 10.6. The molecule has 0 aromatic carbocycles. The molecule has 160 valence electrons. The van der Waals surface area contributed by atoms with Crippen molar-refractivity contribution in [2.24, 2.45) is 11.8 Å². The van der Waals surface area contributed by atoms with Crippen LogP contribution < -0.4 is 0 Å². The summed E-state index contributed by atoms with van der Waals surface area (Å²) in [5, 5.41) is 40.7. The molecule has 0 radical (unpaired) electrons. The zero-order chi connectivity index (χ0) is 19.5. The summed E-state index contributed by atoms with van der Waals surface area (Å²) in [6.45, 7) is -0.0352. The Bertz CT molecular complexity index is 591. The monoisotopic (exact) mass is 404 g/mol. The van der Waals surface area contributed by atoms with Gasteiger partial charge in [0.05, 0.1) is 38.4 Å². The second kappa shape index (κ2) is 7.09. The van der Waals surface area contributed by atoms with Crippen LogP contribution in [0.25, 0.3) is 0 Å². The Morgan fingerprint density at radius 3 is 2.25 bits per heavy atom. The molecule has 10 nitrogen and oxygen atoms in total. The molecule has 4 N–H and O–H groups in total. The highest BCUT2D eigenvalue weighted by Crippen LogP contribution is 2.51. The maximum Gasteiger partial charge on any atom is 0.202 e. The molecule has 0 aromatic rings. The number of rotatable bonds is 2. The van der Waals surface area contributed by atoms with Crippen molar-refractivity contribution in [1.29, 1.82) is 0 Å². The van der Waals surface area contributed by atoms with Gasteiger partial charge in [-0.05, 0) is 12.8 Å². The average Bonchev–Trinajstić information content (AvgIpc) is 2.68. The largest absolute Gasteiger partial charge is 0.391 e. The lowest BCUT2D eigenvalue weighted by Gasteiger charge is -2.62. The second-order valence-electron chi connectivity index (χ2n) is 8.35. The molecule has 9 rings (SSSR count). The van der Waals surface area contributed by atoms with Gasteiger partial charge in [-0.25, -0.2) is 0 Å². The summed E-state index contributed by atoms with van der Waals surface area (Å²) in [6.07, 6.45) is -2.03. The Morgan fingerprint density at radius 2 is 1.50 bits per heavy atom. The van der Waals surface area contributed by atoms with E-state index in [1.807, 2.05) is 0 Å². The third-order valence-electron chi connectivity index (χ3n) is 6.81. The summed E-state index contributed by atoms with van der Waals surface area (Å²) >= 11 is 0. The third kappa shape index (κ3) is 2.71. The van der Waals surface area contributed by atoms with E-state index in [-0.39, 0.29) is 44.4 Å². The Balaban J connectivity index is 1.33. The van der Waals surface area contributed by atoms with E-state index >= 15 is 0 Å².